The molecule has 0 radical (unpaired) electrons. The molecule has 0 fully saturated rings. The highest BCUT2D eigenvalue weighted by Crippen LogP contribution is 2.47. The number of benzene rings is 1. The topological polar surface area (TPSA) is 44.1 Å². The van der Waals surface area contributed by atoms with Crippen LogP contribution in [-0.4, -0.2) is 13.0 Å². The Bertz CT molecular complexity index is 588. The van der Waals surface area contributed by atoms with Crippen LogP contribution in [0.15, 0.2) is 18.2 Å². The van der Waals surface area contributed by atoms with Gasteiger partial charge in [0.25, 0.3) is 0 Å². The molecule has 0 saturated heterocycles. The number of nitriles is 1. The molecule has 0 aliphatic carbocycles. The maximum Gasteiger partial charge on any atom is 0.237 e. The number of likely N-dealkylation sites (N-methyl/N-ethyl adjacent to an activating group) is 1. The first-order chi connectivity index (χ1) is 8.71. The Morgan fingerprint density at radius 1 is 1.47 bits per heavy atom. The summed E-state index contributed by atoms with van der Waals surface area (Å²) in [7, 11) is 1.75. The number of hydrogen-bond donors (Lipinski definition) is 0. The highest BCUT2D eigenvalue weighted by molar-refractivity contribution is 6.31. The van der Waals surface area contributed by atoms with Crippen molar-refractivity contribution in [2.75, 3.05) is 11.9 Å². The van der Waals surface area contributed by atoms with Crippen LogP contribution < -0.4 is 4.90 Å². The zero-order valence-electron chi connectivity index (χ0n) is 11.6. The van der Waals surface area contributed by atoms with Crippen molar-refractivity contribution in [3.8, 4) is 6.07 Å². The third kappa shape index (κ3) is 2.11. The summed E-state index contributed by atoms with van der Waals surface area (Å²) in [5.74, 6) is 0.0214. The highest BCUT2D eigenvalue weighted by atomic mass is 35.5. The largest absolute Gasteiger partial charge is 0.314 e. The summed E-state index contributed by atoms with van der Waals surface area (Å²) in [6, 6.07) is 7.77. The molecule has 1 aromatic carbocycles. The van der Waals surface area contributed by atoms with Gasteiger partial charge in [0.05, 0.1) is 16.9 Å². The molecular weight excluding hydrogens is 260 g/mol. The molecule has 1 aliphatic heterocycles. The second-order valence-corrected chi connectivity index (χ2v) is 6.47. The summed E-state index contributed by atoms with van der Waals surface area (Å²) in [5.41, 5.74) is 0.585. The van der Waals surface area contributed by atoms with Gasteiger partial charge in [-0.1, -0.05) is 17.7 Å². The van der Waals surface area contributed by atoms with Crippen LogP contribution in [0.4, 0.5) is 5.69 Å². The molecule has 0 spiro atoms. The molecule has 1 amide bonds. The van der Waals surface area contributed by atoms with Crippen molar-refractivity contribution in [1.29, 1.82) is 5.26 Å². The molecule has 19 heavy (non-hydrogen) atoms. The van der Waals surface area contributed by atoms with Crippen LogP contribution in [0.5, 0.6) is 0 Å². The van der Waals surface area contributed by atoms with E-state index in [-0.39, 0.29) is 5.91 Å². The van der Waals surface area contributed by atoms with Crippen LogP contribution in [0, 0.1) is 16.7 Å². The monoisotopic (exact) mass is 276 g/mol. The first-order valence-corrected chi connectivity index (χ1v) is 6.58. The lowest BCUT2D eigenvalue weighted by Gasteiger charge is -2.29. The highest BCUT2D eigenvalue weighted by Gasteiger charge is 2.48. The second kappa shape index (κ2) is 4.25. The van der Waals surface area contributed by atoms with Gasteiger partial charge in [-0.25, -0.2) is 0 Å². The molecule has 0 aromatic heterocycles. The standard InChI is InChI=1S/C15H17ClN2O/c1-14(2,9-17)8-15(3)11-6-5-10(16)7-12(11)18(4)13(15)19/h5-7H,8H2,1-4H3. The fraction of sp³-hybridized carbons (Fsp3) is 0.467. The van der Waals surface area contributed by atoms with E-state index < -0.39 is 10.8 Å². The molecule has 4 heteroatoms. The lowest BCUT2D eigenvalue weighted by molar-refractivity contribution is -0.123. The van der Waals surface area contributed by atoms with E-state index in [0.717, 1.165) is 11.3 Å². The molecule has 2 rings (SSSR count). The van der Waals surface area contributed by atoms with Crippen molar-refractivity contribution in [1.82, 2.24) is 0 Å². The predicted molar refractivity (Wildman–Crippen MR) is 76.2 cm³/mol. The van der Waals surface area contributed by atoms with E-state index in [9.17, 15) is 10.1 Å². The summed E-state index contributed by atoms with van der Waals surface area (Å²) in [6.07, 6.45) is 0.494. The number of amides is 1. The molecule has 1 aliphatic rings. The number of fused-ring (bicyclic) bond motifs is 1. The van der Waals surface area contributed by atoms with E-state index in [0.29, 0.717) is 11.4 Å². The third-order valence-corrected chi connectivity index (χ3v) is 4.03. The van der Waals surface area contributed by atoms with Gasteiger partial charge in [0.2, 0.25) is 5.91 Å². The minimum atomic E-state index is -0.659. The van der Waals surface area contributed by atoms with E-state index in [1.54, 1.807) is 24.1 Å². The molecule has 100 valence electrons. The Balaban J connectivity index is 2.55. The molecule has 0 saturated carbocycles. The molecule has 0 N–H and O–H groups in total. The van der Waals surface area contributed by atoms with Gasteiger partial charge in [0, 0.05) is 17.8 Å². The Kier molecular flexibility index (Phi) is 3.10. The summed E-state index contributed by atoms with van der Waals surface area (Å²) in [4.78, 5) is 14.2. The van der Waals surface area contributed by atoms with Gasteiger partial charge in [-0.05, 0) is 44.9 Å². The van der Waals surface area contributed by atoms with Gasteiger partial charge < -0.3 is 4.90 Å². The molecule has 1 aromatic rings. The molecule has 1 atom stereocenters. The number of rotatable bonds is 2. The van der Waals surface area contributed by atoms with Crippen LogP contribution in [0.2, 0.25) is 5.02 Å². The second-order valence-electron chi connectivity index (χ2n) is 6.03. The van der Waals surface area contributed by atoms with Crippen LogP contribution >= 0.6 is 11.6 Å². The van der Waals surface area contributed by atoms with Gasteiger partial charge in [-0.3, -0.25) is 4.79 Å². The van der Waals surface area contributed by atoms with Crippen LogP contribution in [0.1, 0.15) is 32.8 Å². The van der Waals surface area contributed by atoms with Crippen molar-refractivity contribution >= 4 is 23.2 Å². The minimum Gasteiger partial charge on any atom is -0.314 e. The summed E-state index contributed by atoms with van der Waals surface area (Å²) in [6.45, 7) is 5.63. The van der Waals surface area contributed by atoms with Crippen molar-refractivity contribution < 1.29 is 4.79 Å². The van der Waals surface area contributed by atoms with Crippen molar-refractivity contribution in [2.45, 2.75) is 32.6 Å². The van der Waals surface area contributed by atoms with E-state index in [4.69, 9.17) is 11.6 Å². The van der Waals surface area contributed by atoms with Crippen LogP contribution in [0.25, 0.3) is 0 Å². The molecular formula is C15H17ClN2O. The maximum absolute atomic E-state index is 12.6. The molecule has 3 nitrogen and oxygen atoms in total. The van der Waals surface area contributed by atoms with Crippen molar-refractivity contribution in [2.24, 2.45) is 5.41 Å². The third-order valence-electron chi connectivity index (χ3n) is 3.79. The molecule has 0 bridgehead atoms. The Labute approximate surface area is 118 Å². The van der Waals surface area contributed by atoms with Gasteiger partial charge in [0.15, 0.2) is 0 Å². The number of carbonyl (C=O) groups excluding carboxylic acids is 1. The Morgan fingerprint density at radius 3 is 2.68 bits per heavy atom. The van der Waals surface area contributed by atoms with E-state index in [1.165, 1.54) is 0 Å². The number of halogens is 1. The Morgan fingerprint density at radius 2 is 2.11 bits per heavy atom. The number of anilines is 1. The normalized spacial score (nSPS) is 22.3. The Hall–Kier alpha value is -1.53. The van der Waals surface area contributed by atoms with E-state index in [2.05, 4.69) is 6.07 Å². The predicted octanol–water partition coefficient (Wildman–Crippen LogP) is 3.51. The fourth-order valence-electron chi connectivity index (χ4n) is 2.94. The average Bonchev–Trinajstić information content (AvgIpc) is 2.51. The summed E-state index contributed by atoms with van der Waals surface area (Å²) < 4.78 is 0. The summed E-state index contributed by atoms with van der Waals surface area (Å²) in [5, 5.41) is 9.83. The maximum atomic E-state index is 12.6. The minimum absolute atomic E-state index is 0.0214. The van der Waals surface area contributed by atoms with Gasteiger partial charge in [-0.2, -0.15) is 5.26 Å². The van der Waals surface area contributed by atoms with Gasteiger partial charge in [0.1, 0.15) is 0 Å². The fourth-order valence-corrected chi connectivity index (χ4v) is 3.10. The van der Waals surface area contributed by atoms with Gasteiger partial charge >= 0.3 is 0 Å². The first-order valence-electron chi connectivity index (χ1n) is 6.21. The van der Waals surface area contributed by atoms with Crippen molar-refractivity contribution in [3.05, 3.63) is 28.8 Å². The number of nitrogens with zero attached hydrogens (tertiary/aromatic N) is 2. The first kappa shape index (κ1) is 13.9. The lowest BCUT2D eigenvalue weighted by Crippen LogP contribution is -2.39. The smallest absolute Gasteiger partial charge is 0.237 e. The average molecular weight is 277 g/mol. The van der Waals surface area contributed by atoms with E-state index >= 15 is 0 Å². The van der Waals surface area contributed by atoms with Crippen LogP contribution in [0.3, 0.4) is 0 Å². The quantitative estimate of drug-likeness (QED) is 0.830. The van der Waals surface area contributed by atoms with Gasteiger partial charge in [-0.15, -0.1) is 0 Å². The van der Waals surface area contributed by atoms with Crippen LogP contribution in [-0.2, 0) is 10.2 Å². The number of carbonyl (C=O) groups is 1. The summed E-state index contributed by atoms with van der Waals surface area (Å²) >= 11 is 6.00. The lowest BCUT2D eigenvalue weighted by atomic mass is 9.71. The SMILES string of the molecule is CN1C(=O)C(C)(CC(C)(C)C#N)c2ccc(Cl)cc21. The zero-order valence-corrected chi connectivity index (χ0v) is 12.4. The molecule has 1 unspecified atom stereocenters. The van der Waals surface area contributed by atoms with Crippen molar-refractivity contribution in [3.63, 3.8) is 0 Å². The zero-order chi connectivity index (χ0) is 14.4. The van der Waals surface area contributed by atoms with E-state index in [1.807, 2.05) is 26.8 Å². The molecule has 1 heterocycles. The number of hydrogen-bond acceptors (Lipinski definition) is 2.